The summed E-state index contributed by atoms with van der Waals surface area (Å²) in [6, 6.07) is 2.12. The second kappa shape index (κ2) is 6.77. The van der Waals surface area contributed by atoms with E-state index < -0.39 is 17.5 Å². The number of nitrogens with zero attached hydrogens (tertiary/aromatic N) is 2. The quantitative estimate of drug-likeness (QED) is 0.846. The van der Waals surface area contributed by atoms with Gasteiger partial charge in [-0.25, -0.2) is 13.2 Å². The highest BCUT2D eigenvalue weighted by Crippen LogP contribution is 2.30. The van der Waals surface area contributed by atoms with Gasteiger partial charge in [-0.2, -0.15) is 0 Å². The number of hydrogen-bond donors (Lipinski definition) is 1. The molecule has 1 aliphatic rings. The van der Waals surface area contributed by atoms with E-state index in [-0.39, 0.29) is 12.6 Å². The highest BCUT2D eigenvalue weighted by atomic mass is 19.2. The Hall–Kier alpha value is -1.11. The van der Waals surface area contributed by atoms with E-state index in [1.54, 1.807) is 0 Å². The van der Waals surface area contributed by atoms with Crippen LogP contribution in [0.3, 0.4) is 0 Å². The van der Waals surface area contributed by atoms with Crippen LogP contribution in [-0.4, -0.2) is 49.6 Å². The molecule has 2 unspecified atom stereocenters. The molecule has 1 saturated heterocycles. The van der Waals surface area contributed by atoms with Crippen molar-refractivity contribution in [3.8, 4) is 0 Å². The summed E-state index contributed by atoms with van der Waals surface area (Å²) in [4.78, 5) is 4.26. The van der Waals surface area contributed by atoms with Gasteiger partial charge in [0, 0.05) is 25.2 Å². The lowest BCUT2D eigenvalue weighted by molar-refractivity contribution is 0.155. The molecule has 1 heterocycles. The van der Waals surface area contributed by atoms with E-state index in [1.165, 1.54) is 0 Å². The Morgan fingerprint density at radius 2 is 1.90 bits per heavy atom. The lowest BCUT2D eigenvalue weighted by Gasteiger charge is -2.34. The molecule has 0 aliphatic carbocycles. The minimum absolute atomic E-state index is 0.244. The van der Waals surface area contributed by atoms with Crippen molar-refractivity contribution >= 4 is 0 Å². The van der Waals surface area contributed by atoms with E-state index in [9.17, 15) is 13.2 Å². The van der Waals surface area contributed by atoms with Gasteiger partial charge in [0.05, 0.1) is 0 Å². The molecule has 0 aromatic heterocycles. The van der Waals surface area contributed by atoms with Gasteiger partial charge in [0.1, 0.15) is 0 Å². The summed E-state index contributed by atoms with van der Waals surface area (Å²) in [5, 5.41) is 0. The fourth-order valence-electron chi connectivity index (χ4n) is 3.12. The molecule has 2 atom stereocenters. The highest BCUT2D eigenvalue weighted by Gasteiger charge is 2.32. The van der Waals surface area contributed by atoms with Crippen LogP contribution in [0, 0.1) is 17.5 Å². The molecule has 2 rings (SSSR count). The number of hydrogen-bond acceptors (Lipinski definition) is 3. The third-order valence-electron chi connectivity index (χ3n) is 4.01. The van der Waals surface area contributed by atoms with Crippen LogP contribution in [0.4, 0.5) is 13.2 Å². The zero-order valence-corrected chi connectivity index (χ0v) is 12.5. The highest BCUT2D eigenvalue weighted by molar-refractivity contribution is 5.23. The number of benzene rings is 1. The normalized spacial score (nSPS) is 21.2. The summed E-state index contributed by atoms with van der Waals surface area (Å²) in [5.74, 6) is -3.75. The summed E-state index contributed by atoms with van der Waals surface area (Å²) in [6.07, 6.45) is 2.06. The van der Waals surface area contributed by atoms with Gasteiger partial charge in [0.25, 0.3) is 0 Å². The van der Waals surface area contributed by atoms with E-state index in [1.807, 2.05) is 14.1 Å². The number of halogens is 3. The van der Waals surface area contributed by atoms with Crippen molar-refractivity contribution in [2.24, 2.45) is 5.73 Å². The molecule has 2 N–H and O–H groups in total. The van der Waals surface area contributed by atoms with Gasteiger partial charge in [0.15, 0.2) is 17.5 Å². The van der Waals surface area contributed by atoms with E-state index in [0.717, 1.165) is 38.1 Å². The smallest absolute Gasteiger partial charge is 0.194 e. The van der Waals surface area contributed by atoms with Crippen LogP contribution in [0.15, 0.2) is 12.1 Å². The fourth-order valence-corrected chi connectivity index (χ4v) is 3.12. The predicted molar refractivity (Wildman–Crippen MR) is 76.4 cm³/mol. The molecule has 0 bridgehead atoms. The van der Waals surface area contributed by atoms with Gasteiger partial charge in [-0.05, 0) is 51.2 Å². The summed E-state index contributed by atoms with van der Waals surface area (Å²) in [7, 11) is 3.98. The second-order valence-electron chi connectivity index (χ2n) is 5.85. The van der Waals surface area contributed by atoms with Crippen molar-refractivity contribution in [3.05, 3.63) is 35.1 Å². The summed E-state index contributed by atoms with van der Waals surface area (Å²) < 4.78 is 40.0. The molecular weight excluding hydrogens is 279 g/mol. The topological polar surface area (TPSA) is 32.5 Å². The molecule has 1 fully saturated rings. The third-order valence-corrected chi connectivity index (χ3v) is 4.01. The minimum atomic E-state index is -1.43. The first-order valence-corrected chi connectivity index (χ1v) is 7.19. The standard InChI is InChI=1S/C15H22F3N3/c1-20(2)9-11-4-3-5-21(11)14(8-19)10-6-12(16)15(18)13(17)7-10/h6-7,11,14H,3-5,8-9,19H2,1-2H3. The molecule has 6 heteroatoms. The van der Waals surface area contributed by atoms with Crippen molar-refractivity contribution < 1.29 is 13.2 Å². The Labute approximate surface area is 123 Å². The lowest BCUT2D eigenvalue weighted by atomic mass is 10.0. The lowest BCUT2D eigenvalue weighted by Crippen LogP contribution is -2.42. The zero-order chi connectivity index (χ0) is 15.6. The van der Waals surface area contributed by atoms with E-state index in [2.05, 4.69) is 9.80 Å². The SMILES string of the molecule is CN(C)CC1CCCN1C(CN)c1cc(F)c(F)c(F)c1. The molecule has 0 spiro atoms. The van der Waals surface area contributed by atoms with E-state index >= 15 is 0 Å². The Bertz CT molecular complexity index is 470. The van der Waals surface area contributed by atoms with Crippen molar-refractivity contribution in [2.45, 2.75) is 24.9 Å². The number of likely N-dealkylation sites (tertiary alicyclic amines) is 1. The number of nitrogens with two attached hydrogens (primary N) is 1. The maximum Gasteiger partial charge on any atom is 0.194 e. The van der Waals surface area contributed by atoms with E-state index in [0.29, 0.717) is 11.6 Å². The molecule has 0 saturated carbocycles. The van der Waals surface area contributed by atoms with Gasteiger partial charge in [-0.15, -0.1) is 0 Å². The maximum absolute atomic E-state index is 13.4. The first-order valence-electron chi connectivity index (χ1n) is 7.19. The molecule has 21 heavy (non-hydrogen) atoms. The van der Waals surface area contributed by atoms with Gasteiger partial charge in [-0.1, -0.05) is 0 Å². The monoisotopic (exact) mass is 301 g/mol. The summed E-state index contributed by atoms with van der Waals surface area (Å²) >= 11 is 0. The van der Waals surface area contributed by atoms with Gasteiger partial charge in [-0.3, -0.25) is 4.90 Å². The van der Waals surface area contributed by atoms with Gasteiger partial charge < -0.3 is 10.6 Å². The third kappa shape index (κ3) is 3.56. The summed E-state index contributed by atoms with van der Waals surface area (Å²) in [6.45, 7) is 1.94. The molecule has 118 valence electrons. The van der Waals surface area contributed by atoms with Crippen molar-refractivity contribution in [1.29, 1.82) is 0 Å². The van der Waals surface area contributed by atoms with Crippen molar-refractivity contribution in [1.82, 2.24) is 9.80 Å². The van der Waals surface area contributed by atoms with Crippen LogP contribution < -0.4 is 5.73 Å². The van der Waals surface area contributed by atoms with Crippen LogP contribution in [-0.2, 0) is 0 Å². The van der Waals surface area contributed by atoms with Crippen LogP contribution in [0.2, 0.25) is 0 Å². The second-order valence-corrected chi connectivity index (χ2v) is 5.85. The van der Waals surface area contributed by atoms with Crippen LogP contribution in [0.25, 0.3) is 0 Å². The largest absolute Gasteiger partial charge is 0.329 e. The predicted octanol–water partition coefficient (Wildman–Crippen LogP) is 2.13. The number of likely N-dealkylation sites (N-methyl/N-ethyl adjacent to an activating group) is 1. The molecule has 1 aliphatic heterocycles. The van der Waals surface area contributed by atoms with Crippen molar-refractivity contribution in [2.75, 3.05) is 33.7 Å². The van der Waals surface area contributed by atoms with Gasteiger partial charge in [0.2, 0.25) is 0 Å². The Kier molecular flexibility index (Phi) is 5.24. The van der Waals surface area contributed by atoms with E-state index in [4.69, 9.17) is 5.73 Å². The van der Waals surface area contributed by atoms with Gasteiger partial charge >= 0.3 is 0 Å². The fraction of sp³-hybridized carbons (Fsp3) is 0.600. The summed E-state index contributed by atoms with van der Waals surface area (Å²) in [5.41, 5.74) is 6.22. The van der Waals surface area contributed by atoms with Crippen LogP contribution in [0.5, 0.6) is 0 Å². The van der Waals surface area contributed by atoms with Crippen LogP contribution >= 0.6 is 0 Å². The average Bonchev–Trinajstić information content (AvgIpc) is 2.84. The maximum atomic E-state index is 13.4. The Morgan fingerprint density at radius 1 is 1.29 bits per heavy atom. The molecule has 1 aromatic carbocycles. The molecule has 3 nitrogen and oxygen atoms in total. The number of rotatable bonds is 5. The molecule has 0 amide bonds. The average molecular weight is 301 g/mol. The first-order chi connectivity index (χ1) is 9.93. The minimum Gasteiger partial charge on any atom is -0.329 e. The molecular formula is C15H22F3N3. The van der Waals surface area contributed by atoms with Crippen LogP contribution in [0.1, 0.15) is 24.4 Å². The first kappa shape index (κ1) is 16.3. The Balaban J connectivity index is 2.26. The van der Waals surface area contributed by atoms with Crippen molar-refractivity contribution in [3.63, 3.8) is 0 Å². The zero-order valence-electron chi connectivity index (χ0n) is 12.5. The molecule has 0 radical (unpaired) electrons. The Morgan fingerprint density at radius 3 is 2.43 bits per heavy atom. The molecule has 1 aromatic rings.